The minimum absolute atomic E-state index is 0.137. The molecule has 0 fully saturated rings. The first-order valence-corrected chi connectivity index (χ1v) is 3.91. The van der Waals surface area contributed by atoms with Crippen molar-refractivity contribution in [1.82, 2.24) is 0 Å². The Morgan fingerprint density at radius 2 is 2.45 bits per heavy atom. The first kappa shape index (κ1) is 8.36. The van der Waals surface area contributed by atoms with Gasteiger partial charge in [-0.1, -0.05) is 11.6 Å². The first-order chi connectivity index (χ1) is 5.15. The number of carboxylic acids is 1. The quantitative estimate of drug-likeness (QED) is 0.781. The van der Waals surface area contributed by atoms with Gasteiger partial charge in [0.25, 0.3) is 0 Å². The van der Waals surface area contributed by atoms with E-state index in [2.05, 4.69) is 0 Å². The SMILES string of the molecule is COc1cc(Cl)sc1C(=O)O. The molecule has 0 spiro atoms. The van der Waals surface area contributed by atoms with Crippen molar-refractivity contribution in [2.24, 2.45) is 0 Å². The van der Waals surface area contributed by atoms with Crippen LogP contribution in [0.4, 0.5) is 0 Å². The van der Waals surface area contributed by atoms with Gasteiger partial charge in [0.15, 0.2) is 4.88 Å². The van der Waals surface area contributed by atoms with Crippen LogP contribution in [-0.4, -0.2) is 18.2 Å². The Morgan fingerprint density at radius 1 is 1.82 bits per heavy atom. The molecular formula is C6H5ClO3S. The lowest BCUT2D eigenvalue weighted by molar-refractivity contribution is 0.0699. The summed E-state index contributed by atoms with van der Waals surface area (Å²) in [6, 6.07) is 1.48. The van der Waals surface area contributed by atoms with E-state index >= 15 is 0 Å². The van der Waals surface area contributed by atoms with E-state index in [1.54, 1.807) is 0 Å². The molecule has 0 unspecified atom stereocenters. The summed E-state index contributed by atoms with van der Waals surface area (Å²) >= 11 is 6.55. The predicted octanol–water partition coefficient (Wildman–Crippen LogP) is 2.11. The normalized spacial score (nSPS) is 9.64. The third-order valence-electron chi connectivity index (χ3n) is 1.08. The van der Waals surface area contributed by atoms with Gasteiger partial charge in [-0.2, -0.15) is 0 Å². The van der Waals surface area contributed by atoms with Crippen LogP contribution in [0.25, 0.3) is 0 Å². The summed E-state index contributed by atoms with van der Waals surface area (Å²) in [5.74, 6) is -0.703. The average molecular weight is 193 g/mol. The van der Waals surface area contributed by atoms with E-state index in [1.165, 1.54) is 13.2 Å². The summed E-state index contributed by atoms with van der Waals surface area (Å²) in [5.41, 5.74) is 0. The zero-order chi connectivity index (χ0) is 8.43. The highest BCUT2D eigenvalue weighted by atomic mass is 35.5. The number of hydrogen-bond acceptors (Lipinski definition) is 3. The predicted molar refractivity (Wildman–Crippen MR) is 42.8 cm³/mol. The highest BCUT2D eigenvalue weighted by Gasteiger charge is 2.14. The van der Waals surface area contributed by atoms with Gasteiger partial charge in [0, 0.05) is 6.07 Å². The van der Waals surface area contributed by atoms with Crippen LogP contribution in [0, 0.1) is 0 Å². The third kappa shape index (κ3) is 1.64. The van der Waals surface area contributed by atoms with Crippen LogP contribution in [0.2, 0.25) is 4.34 Å². The van der Waals surface area contributed by atoms with Crippen LogP contribution in [0.5, 0.6) is 5.75 Å². The fraction of sp³-hybridized carbons (Fsp3) is 0.167. The maximum absolute atomic E-state index is 10.5. The van der Waals surface area contributed by atoms with Crippen LogP contribution >= 0.6 is 22.9 Å². The maximum atomic E-state index is 10.5. The zero-order valence-corrected chi connectivity index (χ0v) is 7.20. The molecule has 3 nitrogen and oxygen atoms in total. The Balaban J connectivity index is 3.12. The lowest BCUT2D eigenvalue weighted by Crippen LogP contribution is -1.94. The van der Waals surface area contributed by atoms with E-state index in [4.69, 9.17) is 21.4 Å². The van der Waals surface area contributed by atoms with Crippen molar-refractivity contribution >= 4 is 28.9 Å². The molecule has 0 aliphatic rings. The highest BCUT2D eigenvalue weighted by molar-refractivity contribution is 7.18. The Labute approximate surface area is 72.2 Å². The molecule has 0 atom stereocenters. The van der Waals surface area contributed by atoms with E-state index in [-0.39, 0.29) is 4.88 Å². The molecule has 0 saturated carbocycles. The molecule has 0 aliphatic heterocycles. The van der Waals surface area contributed by atoms with Gasteiger partial charge in [-0.15, -0.1) is 11.3 Å². The van der Waals surface area contributed by atoms with E-state index in [0.717, 1.165) is 11.3 Å². The van der Waals surface area contributed by atoms with Gasteiger partial charge in [0.2, 0.25) is 0 Å². The van der Waals surface area contributed by atoms with Crippen molar-refractivity contribution in [3.05, 3.63) is 15.3 Å². The Bertz CT molecular complexity index is 281. The minimum atomic E-state index is -1.02. The van der Waals surface area contributed by atoms with Crippen LogP contribution in [0.3, 0.4) is 0 Å². The fourth-order valence-corrected chi connectivity index (χ4v) is 1.67. The molecule has 1 heterocycles. The van der Waals surface area contributed by atoms with Gasteiger partial charge in [0.05, 0.1) is 11.4 Å². The smallest absolute Gasteiger partial charge is 0.349 e. The molecule has 0 aliphatic carbocycles. The minimum Gasteiger partial charge on any atom is -0.495 e. The molecule has 1 N–H and O–H groups in total. The highest BCUT2D eigenvalue weighted by Crippen LogP contribution is 2.32. The van der Waals surface area contributed by atoms with Gasteiger partial charge in [0.1, 0.15) is 5.75 Å². The second-order valence-corrected chi connectivity index (χ2v) is 3.44. The molecule has 60 valence electrons. The molecule has 5 heteroatoms. The summed E-state index contributed by atoms with van der Waals surface area (Å²) in [5, 5.41) is 8.58. The number of ether oxygens (including phenoxy) is 1. The van der Waals surface area contributed by atoms with E-state index in [1.807, 2.05) is 0 Å². The van der Waals surface area contributed by atoms with E-state index in [0.29, 0.717) is 10.1 Å². The second-order valence-electron chi connectivity index (χ2n) is 1.75. The second kappa shape index (κ2) is 3.11. The van der Waals surface area contributed by atoms with Crippen LogP contribution in [0.15, 0.2) is 6.07 Å². The molecule has 0 saturated heterocycles. The Morgan fingerprint density at radius 3 is 2.82 bits per heavy atom. The molecule has 1 aromatic rings. The average Bonchev–Trinajstić information content (AvgIpc) is 2.30. The van der Waals surface area contributed by atoms with Crippen LogP contribution < -0.4 is 4.74 Å². The molecule has 0 bridgehead atoms. The monoisotopic (exact) mass is 192 g/mol. The summed E-state index contributed by atoms with van der Waals surface area (Å²) in [6.45, 7) is 0. The maximum Gasteiger partial charge on any atom is 0.349 e. The van der Waals surface area contributed by atoms with Crippen molar-refractivity contribution in [3.8, 4) is 5.75 Å². The summed E-state index contributed by atoms with van der Waals surface area (Å²) in [4.78, 5) is 10.6. The molecular weight excluding hydrogens is 188 g/mol. The molecule has 11 heavy (non-hydrogen) atoms. The first-order valence-electron chi connectivity index (χ1n) is 2.71. The number of hydrogen-bond donors (Lipinski definition) is 1. The van der Waals surface area contributed by atoms with E-state index in [9.17, 15) is 4.79 Å². The zero-order valence-electron chi connectivity index (χ0n) is 5.63. The molecule has 0 amide bonds. The fourth-order valence-electron chi connectivity index (χ4n) is 0.647. The summed E-state index contributed by atoms with van der Waals surface area (Å²) < 4.78 is 5.19. The lowest BCUT2D eigenvalue weighted by atomic mass is 10.4. The lowest BCUT2D eigenvalue weighted by Gasteiger charge is -1.94. The van der Waals surface area contributed by atoms with Crippen molar-refractivity contribution in [3.63, 3.8) is 0 Å². The number of methoxy groups -OCH3 is 1. The molecule has 1 aromatic heterocycles. The molecule has 0 aromatic carbocycles. The van der Waals surface area contributed by atoms with Gasteiger partial charge in [-0.25, -0.2) is 4.79 Å². The van der Waals surface area contributed by atoms with Gasteiger partial charge >= 0.3 is 5.97 Å². The van der Waals surface area contributed by atoms with Crippen molar-refractivity contribution in [1.29, 1.82) is 0 Å². The van der Waals surface area contributed by atoms with Gasteiger partial charge < -0.3 is 9.84 Å². The topological polar surface area (TPSA) is 46.5 Å². The number of thiophene rings is 1. The van der Waals surface area contributed by atoms with E-state index < -0.39 is 5.97 Å². The summed E-state index contributed by atoms with van der Waals surface area (Å²) in [7, 11) is 1.41. The van der Waals surface area contributed by atoms with Crippen LogP contribution in [0.1, 0.15) is 9.67 Å². The van der Waals surface area contributed by atoms with Gasteiger partial charge in [-0.05, 0) is 0 Å². The Hall–Kier alpha value is -0.740. The third-order valence-corrected chi connectivity index (χ3v) is 2.32. The molecule has 1 rings (SSSR count). The Kier molecular flexibility index (Phi) is 2.36. The standard InChI is InChI=1S/C6H5ClO3S/c1-10-3-2-4(7)11-5(3)6(8)9/h2H,1H3,(H,8,9). The largest absolute Gasteiger partial charge is 0.495 e. The van der Waals surface area contributed by atoms with Crippen LogP contribution in [-0.2, 0) is 0 Å². The van der Waals surface area contributed by atoms with Gasteiger partial charge in [-0.3, -0.25) is 0 Å². The van der Waals surface area contributed by atoms with Crippen molar-refractivity contribution in [2.45, 2.75) is 0 Å². The number of carbonyl (C=O) groups is 1. The van der Waals surface area contributed by atoms with Crippen molar-refractivity contribution in [2.75, 3.05) is 7.11 Å². The summed E-state index contributed by atoms with van der Waals surface area (Å²) in [6.07, 6.45) is 0. The molecule has 0 radical (unpaired) electrons. The number of carboxylic acid groups (broad SMARTS) is 1. The number of aromatic carboxylic acids is 1. The number of rotatable bonds is 2. The number of halogens is 1. The van der Waals surface area contributed by atoms with Crippen molar-refractivity contribution < 1.29 is 14.6 Å².